The standard InChI is InChI=1S/C27H27NO5/c1-4-33-26(30)21-16-28-22(14-23(21)29)19-13-25(32-3)20(18-8-5-6-9-24(18)31-2)12-17(19)15-27(28)10-7-11-27/h5-6,8-9,12-14,16H,4,7,10-11,15H2,1-3H3. The molecule has 1 aliphatic carbocycles. The summed E-state index contributed by atoms with van der Waals surface area (Å²) in [5.74, 6) is 0.916. The minimum absolute atomic E-state index is 0.0907. The summed E-state index contributed by atoms with van der Waals surface area (Å²) < 4.78 is 18.6. The van der Waals surface area contributed by atoms with Gasteiger partial charge in [-0.25, -0.2) is 4.79 Å². The maximum absolute atomic E-state index is 12.9. The first kappa shape index (κ1) is 21.3. The number of nitrogens with zero attached hydrogens (tertiary/aromatic N) is 1. The molecule has 0 atom stereocenters. The third kappa shape index (κ3) is 3.32. The van der Waals surface area contributed by atoms with Crippen molar-refractivity contribution in [2.45, 2.75) is 38.1 Å². The lowest BCUT2D eigenvalue weighted by Crippen LogP contribution is -2.46. The van der Waals surface area contributed by atoms with Gasteiger partial charge in [0.2, 0.25) is 0 Å². The van der Waals surface area contributed by atoms with E-state index in [2.05, 4.69) is 10.6 Å². The van der Waals surface area contributed by atoms with E-state index in [1.165, 1.54) is 5.56 Å². The van der Waals surface area contributed by atoms with Gasteiger partial charge in [0.15, 0.2) is 5.43 Å². The van der Waals surface area contributed by atoms with Crippen LogP contribution in [0.3, 0.4) is 0 Å². The number of rotatable bonds is 5. The smallest absolute Gasteiger partial charge is 0.343 e. The third-order valence-electron chi connectivity index (χ3n) is 6.96. The summed E-state index contributed by atoms with van der Waals surface area (Å²) in [7, 11) is 3.31. The van der Waals surface area contributed by atoms with Gasteiger partial charge in [-0.1, -0.05) is 18.2 Å². The van der Waals surface area contributed by atoms with E-state index in [1.54, 1.807) is 33.4 Å². The molecular formula is C27H27NO5. The summed E-state index contributed by atoms with van der Waals surface area (Å²) in [5, 5.41) is 0. The van der Waals surface area contributed by atoms with E-state index in [9.17, 15) is 9.59 Å². The molecule has 3 aromatic rings. The molecule has 0 amide bonds. The number of hydrogen-bond acceptors (Lipinski definition) is 5. The minimum atomic E-state index is -0.567. The second-order valence-corrected chi connectivity index (χ2v) is 8.69. The van der Waals surface area contributed by atoms with Gasteiger partial charge in [0.25, 0.3) is 0 Å². The van der Waals surface area contributed by atoms with Crippen LogP contribution < -0.4 is 14.9 Å². The van der Waals surface area contributed by atoms with E-state index in [-0.39, 0.29) is 23.1 Å². The maximum atomic E-state index is 12.9. The number of pyridine rings is 1. The molecule has 2 aliphatic rings. The van der Waals surface area contributed by atoms with Crippen LogP contribution in [0.25, 0.3) is 22.4 Å². The van der Waals surface area contributed by atoms with E-state index >= 15 is 0 Å². The van der Waals surface area contributed by atoms with Crippen molar-refractivity contribution in [1.29, 1.82) is 0 Å². The van der Waals surface area contributed by atoms with Crippen LogP contribution in [0.15, 0.2) is 53.5 Å². The largest absolute Gasteiger partial charge is 0.496 e. The predicted octanol–water partition coefficient (Wildman–Crippen LogP) is 4.81. The fraction of sp³-hybridized carbons (Fsp3) is 0.333. The number of fused-ring (bicyclic) bond motifs is 4. The van der Waals surface area contributed by atoms with Crippen molar-refractivity contribution in [3.05, 3.63) is 70.0 Å². The topological polar surface area (TPSA) is 66.8 Å². The molecule has 0 radical (unpaired) electrons. The zero-order valence-corrected chi connectivity index (χ0v) is 19.1. The number of carbonyl (C=O) groups is 1. The lowest BCUT2D eigenvalue weighted by atomic mass is 9.69. The van der Waals surface area contributed by atoms with Crippen LogP contribution in [0.5, 0.6) is 11.5 Å². The van der Waals surface area contributed by atoms with Crippen molar-refractivity contribution < 1.29 is 19.0 Å². The number of para-hydroxylation sites is 1. The highest BCUT2D eigenvalue weighted by Gasteiger charge is 2.43. The van der Waals surface area contributed by atoms with E-state index in [0.29, 0.717) is 5.75 Å². The number of carbonyl (C=O) groups excluding carboxylic acids is 1. The molecule has 1 saturated carbocycles. The monoisotopic (exact) mass is 445 g/mol. The molecule has 1 aromatic heterocycles. The van der Waals surface area contributed by atoms with Crippen LogP contribution in [0.1, 0.15) is 42.1 Å². The van der Waals surface area contributed by atoms with Gasteiger partial charge in [-0.3, -0.25) is 4.79 Å². The first-order chi connectivity index (χ1) is 16.0. The molecule has 2 heterocycles. The van der Waals surface area contributed by atoms with Crippen molar-refractivity contribution in [1.82, 2.24) is 4.57 Å². The number of hydrogen-bond donors (Lipinski definition) is 0. The summed E-state index contributed by atoms with van der Waals surface area (Å²) in [6.07, 6.45) is 5.65. The second-order valence-electron chi connectivity index (χ2n) is 8.69. The molecule has 170 valence electrons. The Morgan fingerprint density at radius 2 is 1.76 bits per heavy atom. The molecule has 1 spiro atoms. The molecule has 1 aliphatic heterocycles. The molecule has 0 N–H and O–H groups in total. The maximum Gasteiger partial charge on any atom is 0.343 e. The number of ether oxygens (including phenoxy) is 3. The number of aromatic nitrogens is 1. The molecule has 0 unspecified atom stereocenters. The van der Waals surface area contributed by atoms with Gasteiger partial charge in [0.05, 0.1) is 26.5 Å². The summed E-state index contributed by atoms with van der Waals surface area (Å²) in [6, 6.07) is 13.6. The molecule has 1 fully saturated rings. The van der Waals surface area contributed by atoms with E-state index < -0.39 is 5.97 Å². The summed E-state index contributed by atoms with van der Waals surface area (Å²) in [4.78, 5) is 25.3. The summed E-state index contributed by atoms with van der Waals surface area (Å²) in [5.41, 5.74) is 4.49. The Morgan fingerprint density at radius 3 is 2.42 bits per heavy atom. The average Bonchev–Trinajstić information content (AvgIpc) is 2.81. The van der Waals surface area contributed by atoms with Crippen LogP contribution in [0.2, 0.25) is 0 Å². The van der Waals surface area contributed by atoms with Gasteiger partial charge in [-0.05, 0) is 56.4 Å². The fourth-order valence-corrected chi connectivity index (χ4v) is 5.19. The third-order valence-corrected chi connectivity index (χ3v) is 6.96. The lowest BCUT2D eigenvalue weighted by Gasteiger charge is -2.49. The van der Waals surface area contributed by atoms with E-state index in [1.807, 2.05) is 30.3 Å². The Bertz CT molecular complexity index is 1300. The average molecular weight is 446 g/mol. The normalized spacial score (nSPS) is 15.2. The van der Waals surface area contributed by atoms with Gasteiger partial charge in [-0.15, -0.1) is 0 Å². The zero-order chi connectivity index (χ0) is 23.2. The van der Waals surface area contributed by atoms with Crippen molar-refractivity contribution >= 4 is 5.97 Å². The second kappa shape index (κ2) is 8.10. The van der Waals surface area contributed by atoms with Crippen molar-refractivity contribution in [3.8, 4) is 33.9 Å². The van der Waals surface area contributed by atoms with Crippen molar-refractivity contribution in [2.24, 2.45) is 0 Å². The van der Waals surface area contributed by atoms with Crippen LogP contribution >= 0.6 is 0 Å². The Hall–Kier alpha value is -3.54. The van der Waals surface area contributed by atoms with E-state index in [4.69, 9.17) is 14.2 Å². The summed E-state index contributed by atoms with van der Waals surface area (Å²) >= 11 is 0. The van der Waals surface area contributed by atoms with Gasteiger partial charge >= 0.3 is 5.97 Å². The highest BCUT2D eigenvalue weighted by molar-refractivity contribution is 5.90. The van der Waals surface area contributed by atoms with Crippen LogP contribution in [-0.2, 0) is 16.7 Å². The van der Waals surface area contributed by atoms with Gasteiger partial charge in [-0.2, -0.15) is 0 Å². The Morgan fingerprint density at radius 1 is 1.00 bits per heavy atom. The van der Waals surface area contributed by atoms with Gasteiger partial charge < -0.3 is 18.8 Å². The molecule has 0 saturated heterocycles. The molecular weight excluding hydrogens is 418 g/mol. The van der Waals surface area contributed by atoms with Crippen LogP contribution in [-0.4, -0.2) is 31.4 Å². The molecule has 2 aromatic carbocycles. The zero-order valence-electron chi connectivity index (χ0n) is 19.1. The number of esters is 1. The predicted molar refractivity (Wildman–Crippen MR) is 126 cm³/mol. The Kier molecular flexibility index (Phi) is 5.23. The SMILES string of the molecule is CCOC(=O)c1cn2c(cc1=O)-c1cc(OC)c(-c3ccccc3OC)cc1CC21CCC1. The van der Waals surface area contributed by atoms with Crippen LogP contribution in [0, 0.1) is 0 Å². The molecule has 0 bridgehead atoms. The fourth-order valence-electron chi connectivity index (χ4n) is 5.19. The Balaban J connectivity index is 1.73. The minimum Gasteiger partial charge on any atom is -0.496 e. The van der Waals surface area contributed by atoms with Crippen molar-refractivity contribution in [2.75, 3.05) is 20.8 Å². The van der Waals surface area contributed by atoms with Gasteiger partial charge in [0, 0.05) is 34.5 Å². The highest BCUT2D eigenvalue weighted by Crippen LogP contribution is 2.51. The quantitative estimate of drug-likeness (QED) is 0.527. The molecule has 33 heavy (non-hydrogen) atoms. The molecule has 5 rings (SSSR count). The van der Waals surface area contributed by atoms with E-state index in [0.717, 1.165) is 53.8 Å². The molecule has 6 heteroatoms. The van der Waals surface area contributed by atoms with Crippen molar-refractivity contribution in [3.63, 3.8) is 0 Å². The number of methoxy groups -OCH3 is 2. The Labute approximate surface area is 192 Å². The summed E-state index contributed by atoms with van der Waals surface area (Å²) in [6.45, 7) is 1.97. The lowest BCUT2D eigenvalue weighted by molar-refractivity contribution is 0.0521. The van der Waals surface area contributed by atoms with Crippen LogP contribution in [0.4, 0.5) is 0 Å². The molecule has 6 nitrogen and oxygen atoms in total. The van der Waals surface area contributed by atoms with Gasteiger partial charge in [0.1, 0.15) is 17.1 Å². The highest BCUT2D eigenvalue weighted by atomic mass is 16.5. The first-order valence-corrected chi connectivity index (χ1v) is 11.3. The first-order valence-electron chi connectivity index (χ1n) is 11.3. The number of benzene rings is 2.